The lowest BCUT2D eigenvalue weighted by molar-refractivity contribution is 0.161. The Labute approximate surface area is 113 Å². The monoisotopic (exact) mass is 257 g/mol. The van der Waals surface area contributed by atoms with Gasteiger partial charge in [0.05, 0.1) is 0 Å². The molecule has 1 aliphatic rings. The van der Waals surface area contributed by atoms with Crippen LogP contribution in [-0.2, 0) is 0 Å². The molecular formula is C15H31NS. The summed E-state index contributed by atoms with van der Waals surface area (Å²) in [7, 11) is 0. The van der Waals surface area contributed by atoms with E-state index in [2.05, 4.69) is 44.8 Å². The summed E-state index contributed by atoms with van der Waals surface area (Å²) < 4.78 is 0. The zero-order valence-electron chi connectivity index (χ0n) is 12.3. The average molecular weight is 257 g/mol. The van der Waals surface area contributed by atoms with Crippen LogP contribution in [0.4, 0.5) is 0 Å². The lowest BCUT2D eigenvalue weighted by Crippen LogP contribution is -2.45. The quantitative estimate of drug-likeness (QED) is 0.705. The van der Waals surface area contributed by atoms with Crippen molar-refractivity contribution in [3.05, 3.63) is 0 Å². The molecule has 102 valence electrons. The Balaban J connectivity index is 2.46. The molecule has 1 fully saturated rings. The van der Waals surface area contributed by atoms with Gasteiger partial charge in [0.1, 0.15) is 0 Å². The second kappa shape index (κ2) is 7.04. The fourth-order valence-corrected chi connectivity index (χ4v) is 3.57. The van der Waals surface area contributed by atoms with Crippen molar-refractivity contribution in [2.45, 2.75) is 71.8 Å². The van der Waals surface area contributed by atoms with Gasteiger partial charge in [0.25, 0.3) is 0 Å². The van der Waals surface area contributed by atoms with Crippen LogP contribution < -0.4 is 5.32 Å². The standard InChI is InChI=1S/C15H31NS/c1-5-17-12-11-15(9-7-6-8-10-15)13-16-14(2,3)4/h16H,5-13H2,1-4H3. The summed E-state index contributed by atoms with van der Waals surface area (Å²) >= 11 is 2.11. The molecule has 1 aliphatic carbocycles. The third-order valence-electron chi connectivity index (χ3n) is 3.89. The van der Waals surface area contributed by atoms with Gasteiger partial charge in [-0.2, -0.15) is 11.8 Å². The van der Waals surface area contributed by atoms with Crippen LogP contribution in [0.1, 0.15) is 66.2 Å². The minimum Gasteiger partial charge on any atom is -0.312 e. The molecule has 0 unspecified atom stereocenters. The van der Waals surface area contributed by atoms with Gasteiger partial charge in [-0.25, -0.2) is 0 Å². The van der Waals surface area contributed by atoms with E-state index in [0.29, 0.717) is 5.41 Å². The number of nitrogens with one attached hydrogen (secondary N) is 1. The lowest BCUT2D eigenvalue weighted by Gasteiger charge is -2.40. The molecule has 0 radical (unpaired) electrons. The van der Waals surface area contributed by atoms with Crippen molar-refractivity contribution in [3.63, 3.8) is 0 Å². The summed E-state index contributed by atoms with van der Waals surface area (Å²) in [6.45, 7) is 10.3. The Morgan fingerprint density at radius 1 is 1.12 bits per heavy atom. The van der Waals surface area contributed by atoms with E-state index in [1.165, 1.54) is 56.6 Å². The van der Waals surface area contributed by atoms with Crippen molar-refractivity contribution in [2.75, 3.05) is 18.1 Å². The molecule has 1 rings (SSSR count). The summed E-state index contributed by atoms with van der Waals surface area (Å²) in [4.78, 5) is 0. The first-order valence-corrected chi connectivity index (χ1v) is 8.46. The van der Waals surface area contributed by atoms with Crippen LogP contribution in [0.25, 0.3) is 0 Å². The van der Waals surface area contributed by atoms with Crippen molar-refractivity contribution in [1.82, 2.24) is 5.32 Å². The number of rotatable bonds is 6. The molecule has 0 aromatic carbocycles. The second-order valence-electron chi connectivity index (χ2n) is 6.61. The van der Waals surface area contributed by atoms with Gasteiger partial charge in [0.2, 0.25) is 0 Å². The molecular weight excluding hydrogens is 226 g/mol. The van der Waals surface area contributed by atoms with Crippen molar-refractivity contribution in [1.29, 1.82) is 0 Å². The molecule has 1 nitrogen and oxygen atoms in total. The Kier molecular flexibility index (Phi) is 6.36. The van der Waals surface area contributed by atoms with Crippen LogP contribution in [0.15, 0.2) is 0 Å². The van der Waals surface area contributed by atoms with Gasteiger partial charge < -0.3 is 5.32 Å². The summed E-state index contributed by atoms with van der Waals surface area (Å²) in [6, 6.07) is 0. The summed E-state index contributed by atoms with van der Waals surface area (Å²) in [6.07, 6.45) is 8.65. The Morgan fingerprint density at radius 3 is 2.29 bits per heavy atom. The predicted octanol–water partition coefficient (Wildman–Crippen LogP) is 4.47. The SMILES string of the molecule is CCSCCC1(CNC(C)(C)C)CCCCC1. The fourth-order valence-electron chi connectivity index (χ4n) is 2.70. The van der Waals surface area contributed by atoms with E-state index in [4.69, 9.17) is 0 Å². The van der Waals surface area contributed by atoms with Crippen molar-refractivity contribution in [3.8, 4) is 0 Å². The fraction of sp³-hybridized carbons (Fsp3) is 1.00. The van der Waals surface area contributed by atoms with Gasteiger partial charge in [0, 0.05) is 12.1 Å². The molecule has 17 heavy (non-hydrogen) atoms. The lowest BCUT2D eigenvalue weighted by atomic mass is 9.72. The molecule has 0 aromatic rings. The Morgan fingerprint density at radius 2 is 1.76 bits per heavy atom. The third-order valence-corrected chi connectivity index (χ3v) is 4.79. The first kappa shape index (κ1) is 15.4. The normalized spacial score (nSPS) is 20.5. The third kappa shape index (κ3) is 6.15. The average Bonchev–Trinajstić information content (AvgIpc) is 2.28. The number of thioether (sulfide) groups is 1. The Hall–Kier alpha value is 0.310. The topological polar surface area (TPSA) is 12.0 Å². The van der Waals surface area contributed by atoms with Gasteiger partial charge >= 0.3 is 0 Å². The summed E-state index contributed by atoms with van der Waals surface area (Å²) in [5.74, 6) is 2.62. The van der Waals surface area contributed by atoms with Crippen LogP contribution in [0.5, 0.6) is 0 Å². The minimum atomic E-state index is 0.266. The Bertz CT molecular complexity index is 201. The minimum absolute atomic E-state index is 0.266. The number of hydrogen-bond donors (Lipinski definition) is 1. The van der Waals surface area contributed by atoms with Gasteiger partial charge in [-0.15, -0.1) is 0 Å². The second-order valence-corrected chi connectivity index (χ2v) is 8.00. The molecule has 0 saturated heterocycles. The predicted molar refractivity (Wildman–Crippen MR) is 80.9 cm³/mol. The van der Waals surface area contributed by atoms with Gasteiger partial charge in [-0.05, 0) is 57.0 Å². The molecule has 2 heteroatoms. The highest BCUT2D eigenvalue weighted by Crippen LogP contribution is 2.39. The first-order chi connectivity index (χ1) is 7.97. The zero-order valence-corrected chi connectivity index (χ0v) is 13.1. The van der Waals surface area contributed by atoms with Crippen LogP contribution >= 0.6 is 11.8 Å². The van der Waals surface area contributed by atoms with Crippen molar-refractivity contribution in [2.24, 2.45) is 5.41 Å². The molecule has 0 heterocycles. The van der Waals surface area contributed by atoms with Gasteiger partial charge in [-0.1, -0.05) is 26.2 Å². The van der Waals surface area contributed by atoms with Crippen LogP contribution in [0, 0.1) is 5.41 Å². The summed E-state index contributed by atoms with van der Waals surface area (Å²) in [5.41, 5.74) is 0.871. The van der Waals surface area contributed by atoms with Crippen molar-refractivity contribution >= 4 is 11.8 Å². The molecule has 0 aromatic heterocycles. The van der Waals surface area contributed by atoms with Crippen LogP contribution in [-0.4, -0.2) is 23.6 Å². The van der Waals surface area contributed by atoms with E-state index in [0.717, 1.165) is 0 Å². The van der Waals surface area contributed by atoms with E-state index < -0.39 is 0 Å². The molecule has 1 saturated carbocycles. The van der Waals surface area contributed by atoms with E-state index in [9.17, 15) is 0 Å². The van der Waals surface area contributed by atoms with Gasteiger partial charge in [-0.3, -0.25) is 0 Å². The highest BCUT2D eigenvalue weighted by molar-refractivity contribution is 7.99. The zero-order chi connectivity index (χ0) is 12.8. The molecule has 0 amide bonds. The molecule has 0 spiro atoms. The maximum Gasteiger partial charge on any atom is 0.00967 e. The summed E-state index contributed by atoms with van der Waals surface area (Å²) in [5, 5.41) is 3.75. The smallest absolute Gasteiger partial charge is 0.00967 e. The van der Waals surface area contributed by atoms with Gasteiger partial charge in [0.15, 0.2) is 0 Å². The number of hydrogen-bond acceptors (Lipinski definition) is 2. The van der Waals surface area contributed by atoms with E-state index in [-0.39, 0.29) is 5.54 Å². The molecule has 0 bridgehead atoms. The molecule has 0 aliphatic heterocycles. The van der Waals surface area contributed by atoms with Crippen LogP contribution in [0.3, 0.4) is 0 Å². The van der Waals surface area contributed by atoms with E-state index in [1.54, 1.807) is 0 Å². The first-order valence-electron chi connectivity index (χ1n) is 7.30. The molecule has 1 N–H and O–H groups in total. The maximum atomic E-state index is 3.75. The highest BCUT2D eigenvalue weighted by atomic mass is 32.2. The highest BCUT2D eigenvalue weighted by Gasteiger charge is 2.32. The van der Waals surface area contributed by atoms with E-state index in [1.807, 2.05) is 0 Å². The van der Waals surface area contributed by atoms with E-state index >= 15 is 0 Å². The largest absolute Gasteiger partial charge is 0.312 e. The van der Waals surface area contributed by atoms with Crippen molar-refractivity contribution < 1.29 is 0 Å². The maximum absolute atomic E-state index is 3.75. The van der Waals surface area contributed by atoms with Crippen LogP contribution in [0.2, 0.25) is 0 Å². The molecule has 0 atom stereocenters.